The Kier molecular flexibility index (Phi) is 3.87. The number of anilines is 4. The maximum Gasteiger partial charge on any atom is 0.169 e. The molecule has 0 saturated heterocycles. The Hall–Kier alpha value is -1.46. The van der Waals surface area contributed by atoms with Gasteiger partial charge in [-0.05, 0) is 30.7 Å². The summed E-state index contributed by atoms with van der Waals surface area (Å²) in [6.45, 7) is 1.90. The largest absolute Gasteiger partial charge is 0.397 e. The first kappa shape index (κ1) is 14.0. The van der Waals surface area contributed by atoms with Crippen LogP contribution in [-0.4, -0.2) is 0 Å². The van der Waals surface area contributed by atoms with Crippen LogP contribution in [0.15, 0.2) is 28.7 Å². The molecule has 0 fully saturated rings. The van der Waals surface area contributed by atoms with Crippen molar-refractivity contribution in [3.05, 3.63) is 45.1 Å². The van der Waals surface area contributed by atoms with Crippen molar-refractivity contribution < 1.29 is 4.39 Å². The van der Waals surface area contributed by atoms with E-state index in [9.17, 15) is 4.39 Å². The Morgan fingerprint density at radius 3 is 2.63 bits per heavy atom. The maximum absolute atomic E-state index is 14.1. The minimum absolute atomic E-state index is 0.119. The number of hydrogen-bond acceptors (Lipinski definition) is 3. The SMILES string of the molecule is Cc1c(Br)cccc1Nc1c(N)cc(N)c(Cl)c1F. The molecule has 0 aromatic heterocycles. The van der Waals surface area contributed by atoms with Gasteiger partial charge in [-0.3, -0.25) is 0 Å². The lowest BCUT2D eigenvalue weighted by Crippen LogP contribution is -2.03. The van der Waals surface area contributed by atoms with Crippen LogP contribution in [0.3, 0.4) is 0 Å². The lowest BCUT2D eigenvalue weighted by atomic mass is 10.1. The molecule has 0 spiro atoms. The summed E-state index contributed by atoms with van der Waals surface area (Å²) in [7, 11) is 0. The van der Waals surface area contributed by atoms with Gasteiger partial charge in [0.25, 0.3) is 0 Å². The predicted molar refractivity (Wildman–Crippen MR) is 82.4 cm³/mol. The molecule has 0 bridgehead atoms. The third kappa shape index (κ3) is 2.62. The number of halogens is 3. The highest BCUT2D eigenvalue weighted by molar-refractivity contribution is 9.10. The molecule has 0 atom stereocenters. The van der Waals surface area contributed by atoms with Crippen LogP contribution in [0.25, 0.3) is 0 Å². The van der Waals surface area contributed by atoms with Gasteiger partial charge in [-0.1, -0.05) is 33.6 Å². The number of nitrogens with two attached hydrogens (primary N) is 2. The Labute approximate surface area is 123 Å². The standard InChI is InChI=1S/C13H12BrClFN3/c1-6-7(14)3-2-4-10(6)19-13-9(18)5-8(17)11(15)12(13)16/h2-5,19H,17-18H2,1H3. The van der Waals surface area contributed by atoms with E-state index in [2.05, 4.69) is 21.2 Å². The maximum atomic E-state index is 14.1. The molecule has 0 aliphatic heterocycles. The van der Waals surface area contributed by atoms with Crippen molar-refractivity contribution in [1.82, 2.24) is 0 Å². The molecule has 2 aromatic rings. The van der Waals surface area contributed by atoms with Crippen LogP contribution < -0.4 is 16.8 Å². The van der Waals surface area contributed by atoms with E-state index in [4.69, 9.17) is 23.1 Å². The van der Waals surface area contributed by atoms with E-state index >= 15 is 0 Å². The van der Waals surface area contributed by atoms with E-state index in [1.54, 1.807) is 0 Å². The fourth-order valence-electron chi connectivity index (χ4n) is 1.67. The second-order valence-electron chi connectivity index (χ2n) is 4.10. The summed E-state index contributed by atoms with van der Waals surface area (Å²) in [5.41, 5.74) is 13.5. The smallest absolute Gasteiger partial charge is 0.169 e. The fraction of sp³-hybridized carbons (Fsp3) is 0.0769. The first-order valence-electron chi connectivity index (χ1n) is 5.47. The molecule has 0 saturated carbocycles. The summed E-state index contributed by atoms with van der Waals surface area (Å²) in [5.74, 6) is -0.654. The Morgan fingerprint density at radius 2 is 1.95 bits per heavy atom. The van der Waals surface area contributed by atoms with E-state index in [1.807, 2.05) is 25.1 Å². The molecule has 0 heterocycles. The van der Waals surface area contributed by atoms with Gasteiger partial charge in [0.05, 0.1) is 17.1 Å². The van der Waals surface area contributed by atoms with Crippen LogP contribution in [0.2, 0.25) is 5.02 Å². The van der Waals surface area contributed by atoms with Crippen molar-refractivity contribution in [2.45, 2.75) is 6.92 Å². The van der Waals surface area contributed by atoms with Gasteiger partial charge in [0.15, 0.2) is 5.82 Å². The zero-order valence-corrected chi connectivity index (χ0v) is 12.4. The zero-order valence-electron chi connectivity index (χ0n) is 10.1. The van der Waals surface area contributed by atoms with Gasteiger partial charge >= 0.3 is 0 Å². The van der Waals surface area contributed by atoms with E-state index in [-0.39, 0.29) is 22.1 Å². The van der Waals surface area contributed by atoms with Gasteiger partial charge < -0.3 is 16.8 Å². The van der Waals surface area contributed by atoms with Crippen LogP contribution in [0.4, 0.5) is 27.1 Å². The summed E-state index contributed by atoms with van der Waals surface area (Å²) >= 11 is 9.20. The molecule has 19 heavy (non-hydrogen) atoms. The molecule has 5 N–H and O–H groups in total. The molecule has 2 rings (SSSR count). The first-order valence-corrected chi connectivity index (χ1v) is 6.64. The molecule has 100 valence electrons. The van der Waals surface area contributed by atoms with Gasteiger partial charge in [0, 0.05) is 10.2 Å². The van der Waals surface area contributed by atoms with Crippen molar-refractivity contribution in [3.63, 3.8) is 0 Å². The Bertz CT molecular complexity index is 646. The third-order valence-electron chi connectivity index (χ3n) is 2.79. The summed E-state index contributed by atoms with van der Waals surface area (Å²) in [5, 5.41) is 2.81. The van der Waals surface area contributed by atoms with E-state index < -0.39 is 5.82 Å². The van der Waals surface area contributed by atoms with Crippen molar-refractivity contribution in [3.8, 4) is 0 Å². The number of nitrogen functional groups attached to an aromatic ring is 2. The molecule has 0 radical (unpaired) electrons. The molecule has 0 amide bonds. The van der Waals surface area contributed by atoms with Crippen LogP contribution in [0, 0.1) is 12.7 Å². The van der Waals surface area contributed by atoms with E-state index in [1.165, 1.54) is 6.07 Å². The van der Waals surface area contributed by atoms with Crippen molar-refractivity contribution in [2.24, 2.45) is 0 Å². The molecular weight excluding hydrogens is 333 g/mol. The molecule has 3 nitrogen and oxygen atoms in total. The summed E-state index contributed by atoms with van der Waals surface area (Å²) in [6.07, 6.45) is 0. The highest BCUT2D eigenvalue weighted by Gasteiger charge is 2.15. The molecule has 2 aromatic carbocycles. The monoisotopic (exact) mass is 343 g/mol. The zero-order chi connectivity index (χ0) is 14.2. The van der Waals surface area contributed by atoms with E-state index in [0.29, 0.717) is 0 Å². The first-order chi connectivity index (χ1) is 8.91. The summed E-state index contributed by atoms with van der Waals surface area (Å²) in [6, 6.07) is 6.99. The highest BCUT2D eigenvalue weighted by atomic mass is 79.9. The van der Waals surface area contributed by atoms with Crippen LogP contribution in [0.5, 0.6) is 0 Å². The molecule has 6 heteroatoms. The van der Waals surface area contributed by atoms with Crippen molar-refractivity contribution in [2.75, 3.05) is 16.8 Å². The third-order valence-corrected chi connectivity index (χ3v) is 4.04. The van der Waals surface area contributed by atoms with E-state index in [0.717, 1.165) is 15.7 Å². The molecule has 0 aliphatic rings. The number of benzene rings is 2. The predicted octanol–water partition coefficient (Wildman–Crippen LogP) is 4.46. The molecule has 0 aliphatic carbocycles. The normalized spacial score (nSPS) is 10.5. The number of rotatable bonds is 2. The minimum Gasteiger partial charge on any atom is -0.397 e. The average Bonchev–Trinajstić information content (AvgIpc) is 2.37. The van der Waals surface area contributed by atoms with Gasteiger partial charge in [-0.2, -0.15) is 0 Å². The van der Waals surface area contributed by atoms with Gasteiger partial charge in [-0.15, -0.1) is 0 Å². The minimum atomic E-state index is -0.654. The van der Waals surface area contributed by atoms with Crippen LogP contribution in [-0.2, 0) is 0 Å². The van der Waals surface area contributed by atoms with Crippen molar-refractivity contribution >= 4 is 50.3 Å². The fourth-order valence-corrected chi connectivity index (χ4v) is 2.19. The average molecular weight is 345 g/mol. The van der Waals surface area contributed by atoms with Crippen LogP contribution >= 0.6 is 27.5 Å². The quantitative estimate of drug-likeness (QED) is 0.705. The van der Waals surface area contributed by atoms with Gasteiger partial charge in [0.2, 0.25) is 0 Å². The molecule has 0 unspecified atom stereocenters. The highest BCUT2D eigenvalue weighted by Crippen LogP contribution is 2.36. The van der Waals surface area contributed by atoms with Crippen molar-refractivity contribution in [1.29, 1.82) is 0 Å². The lowest BCUT2D eigenvalue weighted by Gasteiger charge is -2.15. The molecular formula is C13H12BrClFN3. The Morgan fingerprint density at radius 1 is 1.26 bits per heavy atom. The second-order valence-corrected chi connectivity index (χ2v) is 5.33. The number of hydrogen-bond donors (Lipinski definition) is 3. The summed E-state index contributed by atoms with van der Waals surface area (Å²) < 4.78 is 15.0. The van der Waals surface area contributed by atoms with Gasteiger partial charge in [0.1, 0.15) is 5.02 Å². The summed E-state index contributed by atoms with van der Waals surface area (Å²) in [4.78, 5) is 0. The van der Waals surface area contributed by atoms with Crippen LogP contribution in [0.1, 0.15) is 5.56 Å². The lowest BCUT2D eigenvalue weighted by molar-refractivity contribution is 0.633. The van der Waals surface area contributed by atoms with Gasteiger partial charge in [-0.25, -0.2) is 4.39 Å². The Balaban J connectivity index is 2.50. The second kappa shape index (κ2) is 5.27. The number of nitrogens with one attached hydrogen (secondary N) is 1. The topological polar surface area (TPSA) is 64.1 Å².